The van der Waals surface area contributed by atoms with E-state index in [4.69, 9.17) is 5.73 Å². The van der Waals surface area contributed by atoms with Crippen molar-refractivity contribution in [2.75, 3.05) is 26.4 Å². The van der Waals surface area contributed by atoms with Crippen LogP contribution < -0.4 is 26.4 Å². The third kappa shape index (κ3) is 11.0. The first-order valence-corrected chi connectivity index (χ1v) is 24.6. The molecule has 0 radical (unpaired) electrons. The molecule has 2 aliphatic heterocycles. The van der Waals surface area contributed by atoms with E-state index >= 15 is 0 Å². The lowest BCUT2D eigenvalue weighted by atomic mass is 10.1. The van der Waals surface area contributed by atoms with Gasteiger partial charge in [0.2, 0.25) is 17.8 Å². The molecule has 7 rings (SSSR count). The fourth-order valence-electron chi connectivity index (χ4n) is 6.58. The molecule has 0 atom stereocenters. The van der Waals surface area contributed by atoms with Gasteiger partial charge in [0.25, 0.3) is 52.3 Å². The molecule has 0 unspecified atom stereocenters. The fourth-order valence-corrected chi connectivity index (χ4v) is 9.35. The molecule has 0 aliphatic carbocycles. The van der Waals surface area contributed by atoms with E-state index in [2.05, 4.69) is 35.8 Å². The number of hydrogen-bond donors (Lipinski definition) is 7. The van der Waals surface area contributed by atoms with Gasteiger partial charge in [0, 0.05) is 11.4 Å². The Kier molecular flexibility index (Phi) is 12.7. The summed E-state index contributed by atoms with van der Waals surface area (Å²) in [4.78, 5) is 33.9. The molecule has 28 heteroatoms. The number of hydrogen-bond acceptors (Lipinski definition) is 18. The molecular formula is C39H34N10O14S4. The maximum atomic E-state index is 12.6. The van der Waals surface area contributed by atoms with Crippen molar-refractivity contribution in [3.63, 3.8) is 0 Å². The van der Waals surface area contributed by atoms with Gasteiger partial charge in [-0.3, -0.25) is 27.8 Å². The number of anilines is 7. The van der Waals surface area contributed by atoms with Crippen LogP contribution in [0.4, 0.5) is 40.6 Å². The van der Waals surface area contributed by atoms with Crippen molar-refractivity contribution in [1.29, 1.82) is 0 Å². The van der Waals surface area contributed by atoms with Crippen molar-refractivity contribution in [1.82, 2.24) is 15.0 Å². The van der Waals surface area contributed by atoms with E-state index in [9.17, 15) is 61.5 Å². The van der Waals surface area contributed by atoms with Crippen LogP contribution in [0, 0.1) is 0 Å². The van der Waals surface area contributed by atoms with Crippen LogP contribution >= 0.6 is 0 Å². The van der Waals surface area contributed by atoms with E-state index in [1.54, 1.807) is 13.8 Å². The Labute approximate surface area is 381 Å². The Morgan fingerprint density at radius 3 is 1.22 bits per heavy atom. The van der Waals surface area contributed by atoms with Crippen molar-refractivity contribution in [2.45, 2.75) is 46.3 Å². The van der Waals surface area contributed by atoms with E-state index < -0.39 is 89.7 Å². The number of nitrogens with two attached hydrogens (primary N) is 1. The summed E-state index contributed by atoms with van der Waals surface area (Å²) in [5, 5.41) is 15.3. The summed E-state index contributed by atoms with van der Waals surface area (Å²) in [7, 11) is -19.7. The van der Waals surface area contributed by atoms with Crippen molar-refractivity contribution < 1.29 is 61.5 Å². The summed E-state index contributed by atoms with van der Waals surface area (Å²) in [5.41, 5.74) is 6.47. The molecule has 24 nitrogen and oxygen atoms in total. The standard InChI is InChI=1S/C39H34N10O14S4/c1-21-15-35(50)48(46-21)27-11-9-25(31(19-27)64(52,53)54)7-3-23-5-13-29(33(17-23)66(58,59)60)41-38-43-37(40)44-39(45-38)42-30-14-6-24(18-34(30)67(61,62)63)4-8-26-10-12-28(20-32(26)65(55,56)57)49-36(51)16-22(2)47-49/h3-14,17-20H,15-16H2,1-2H3,(H,52,53,54)(H,55,56,57)(H,58,59,60)(H,61,62,63)(H4,40,41,42,43,44,45). The predicted molar refractivity (Wildman–Crippen MR) is 244 cm³/mol. The highest BCUT2D eigenvalue weighted by atomic mass is 32.2. The molecule has 2 aliphatic rings. The van der Waals surface area contributed by atoms with Gasteiger partial charge >= 0.3 is 0 Å². The highest BCUT2D eigenvalue weighted by Gasteiger charge is 2.27. The van der Waals surface area contributed by atoms with E-state index in [0.717, 1.165) is 34.3 Å². The van der Waals surface area contributed by atoms with Gasteiger partial charge in [-0.15, -0.1) is 0 Å². The first kappa shape index (κ1) is 47.6. The second kappa shape index (κ2) is 17.8. The van der Waals surface area contributed by atoms with Gasteiger partial charge in [0.05, 0.1) is 35.6 Å². The zero-order valence-corrected chi connectivity index (χ0v) is 37.6. The monoisotopic (exact) mass is 994 g/mol. The molecule has 8 N–H and O–H groups in total. The number of nitrogen functional groups attached to an aromatic ring is 1. The Bertz CT molecular complexity index is 3300. The topological polar surface area (TPSA) is 372 Å². The summed E-state index contributed by atoms with van der Waals surface area (Å²) < 4.78 is 140. The minimum Gasteiger partial charge on any atom is -0.368 e. The quantitative estimate of drug-likeness (QED) is 0.0595. The SMILES string of the molecule is CC1=NN(c2ccc(C=Cc3ccc(Nc4nc(N)nc(Nc5ccc(C=Cc6ccc(N7N=C(C)CC7=O)cc6S(=O)(=O)O)cc5S(=O)(=O)O)n4)c(S(=O)(=O)O)c3)c(S(=O)(=O)O)c2)C(=O)C1. The molecule has 0 saturated carbocycles. The van der Waals surface area contributed by atoms with Gasteiger partial charge in [-0.2, -0.15) is 58.8 Å². The summed E-state index contributed by atoms with van der Waals surface area (Å²) in [6.45, 7) is 3.22. The molecule has 1 aromatic heterocycles. The highest BCUT2D eigenvalue weighted by Crippen LogP contribution is 2.32. The van der Waals surface area contributed by atoms with Crippen LogP contribution in [0.3, 0.4) is 0 Å². The molecule has 3 heterocycles. The first-order chi connectivity index (χ1) is 31.2. The lowest BCUT2D eigenvalue weighted by Gasteiger charge is -2.14. The third-order valence-electron chi connectivity index (χ3n) is 9.49. The average Bonchev–Trinajstić information content (AvgIpc) is 3.75. The lowest BCUT2D eigenvalue weighted by Crippen LogP contribution is -2.20. The molecule has 0 fully saturated rings. The molecule has 67 heavy (non-hydrogen) atoms. The Balaban J connectivity index is 1.14. The number of rotatable bonds is 14. The molecule has 4 aromatic carbocycles. The van der Waals surface area contributed by atoms with Gasteiger partial charge < -0.3 is 16.4 Å². The van der Waals surface area contributed by atoms with E-state index in [0.29, 0.717) is 11.4 Å². The van der Waals surface area contributed by atoms with Gasteiger partial charge in [0.1, 0.15) is 19.6 Å². The largest absolute Gasteiger partial charge is 0.368 e. The predicted octanol–water partition coefficient (Wildman–Crippen LogP) is 4.49. The third-order valence-corrected chi connectivity index (χ3v) is 13.1. The summed E-state index contributed by atoms with van der Waals surface area (Å²) in [5.74, 6) is -2.18. The number of carbonyl (C=O) groups is 2. The number of hydrazone groups is 2. The molecular weight excluding hydrogens is 961 g/mol. The average molecular weight is 995 g/mol. The van der Waals surface area contributed by atoms with E-state index in [1.165, 1.54) is 72.8 Å². The molecule has 0 saturated heterocycles. The number of nitrogens with zero attached hydrogens (tertiary/aromatic N) is 7. The molecule has 2 amide bonds. The Hall–Kier alpha value is -7.31. The van der Waals surface area contributed by atoms with Crippen LogP contribution in [-0.4, -0.2) is 90.1 Å². The molecule has 5 aromatic rings. The van der Waals surface area contributed by atoms with Gasteiger partial charge in [-0.25, -0.2) is 10.0 Å². The second-order valence-corrected chi connectivity index (χ2v) is 20.1. The lowest BCUT2D eigenvalue weighted by molar-refractivity contribution is -0.117. The van der Waals surface area contributed by atoms with Crippen LogP contribution in [0.5, 0.6) is 0 Å². The van der Waals surface area contributed by atoms with Gasteiger partial charge in [-0.05, 0) is 84.6 Å². The van der Waals surface area contributed by atoms with Gasteiger partial charge in [0.15, 0.2) is 0 Å². The normalized spacial score (nSPS) is 14.9. The second-order valence-electron chi connectivity index (χ2n) is 14.5. The van der Waals surface area contributed by atoms with Gasteiger partial charge in [-0.1, -0.05) is 48.6 Å². The maximum Gasteiger partial charge on any atom is 0.296 e. The zero-order valence-electron chi connectivity index (χ0n) is 34.4. The molecule has 0 spiro atoms. The Morgan fingerprint density at radius 2 is 0.896 bits per heavy atom. The zero-order chi connectivity index (χ0) is 48.8. The molecule has 0 bridgehead atoms. The smallest absolute Gasteiger partial charge is 0.296 e. The molecule has 348 valence electrons. The fraction of sp³-hybridized carbons (Fsp3) is 0.103. The van der Waals surface area contributed by atoms with E-state index in [1.807, 2.05) is 0 Å². The van der Waals surface area contributed by atoms with Crippen LogP contribution in [0.2, 0.25) is 0 Å². The van der Waals surface area contributed by atoms with Crippen molar-refractivity contribution in [3.05, 3.63) is 95.1 Å². The number of carbonyl (C=O) groups excluding carboxylic acids is 2. The Morgan fingerprint density at radius 1 is 0.522 bits per heavy atom. The highest BCUT2D eigenvalue weighted by molar-refractivity contribution is 7.86. The van der Waals surface area contributed by atoms with Crippen molar-refractivity contribution in [3.8, 4) is 0 Å². The first-order valence-electron chi connectivity index (χ1n) is 18.8. The van der Waals surface area contributed by atoms with Crippen LogP contribution in [0.1, 0.15) is 48.9 Å². The minimum atomic E-state index is -5.01. The van der Waals surface area contributed by atoms with Crippen molar-refractivity contribution in [2.24, 2.45) is 10.2 Å². The van der Waals surface area contributed by atoms with Crippen molar-refractivity contribution >= 4 is 129 Å². The van der Waals surface area contributed by atoms with E-state index in [-0.39, 0.29) is 57.8 Å². The van der Waals surface area contributed by atoms with Crippen LogP contribution in [-0.2, 0) is 50.1 Å². The number of amides is 2. The number of nitrogens with one attached hydrogen (secondary N) is 2. The van der Waals surface area contributed by atoms with Crippen LogP contribution in [0.15, 0.2) is 103 Å². The van der Waals surface area contributed by atoms with Crippen LogP contribution in [0.25, 0.3) is 24.3 Å². The maximum absolute atomic E-state index is 12.6. The number of aromatic nitrogens is 3. The summed E-state index contributed by atoms with van der Waals surface area (Å²) in [6.07, 6.45) is 5.03. The summed E-state index contributed by atoms with van der Waals surface area (Å²) in [6, 6.07) is 14.5. The minimum absolute atomic E-state index is 0.0180. The number of benzene rings is 4. The summed E-state index contributed by atoms with van der Waals surface area (Å²) >= 11 is 0.